The van der Waals surface area contributed by atoms with E-state index in [1.54, 1.807) is 7.11 Å². The first kappa shape index (κ1) is 18.3. The fourth-order valence-electron chi connectivity index (χ4n) is 3.11. The van der Waals surface area contributed by atoms with Crippen LogP contribution in [0.1, 0.15) is 39.4 Å². The van der Waals surface area contributed by atoms with Crippen LogP contribution in [0.15, 0.2) is 48.5 Å². The Bertz CT molecular complexity index is 845. The van der Waals surface area contributed by atoms with Gasteiger partial charge in [0.05, 0.1) is 24.8 Å². The zero-order valence-electron chi connectivity index (χ0n) is 16.2. The summed E-state index contributed by atoms with van der Waals surface area (Å²) in [5.74, 6) is 2.88. The maximum atomic E-state index is 5.83. The van der Waals surface area contributed by atoms with Gasteiger partial charge in [-0.05, 0) is 49.2 Å². The van der Waals surface area contributed by atoms with E-state index in [0.717, 1.165) is 42.2 Å². The quantitative estimate of drug-likeness (QED) is 0.548. The topological polar surface area (TPSA) is 36.3 Å². The molecule has 0 aliphatic rings. The molecule has 0 unspecified atom stereocenters. The van der Waals surface area contributed by atoms with Gasteiger partial charge < -0.3 is 14.0 Å². The molecule has 1 heterocycles. The van der Waals surface area contributed by atoms with Crippen LogP contribution < -0.4 is 9.47 Å². The van der Waals surface area contributed by atoms with Crippen molar-refractivity contribution >= 4 is 11.0 Å². The van der Waals surface area contributed by atoms with Crippen LogP contribution in [0.2, 0.25) is 0 Å². The summed E-state index contributed by atoms with van der Waals surface area (Å²) in [6, 6.07) is 16.1. The third-order valence-corrected chi connectivity index (χ3v) is 4.43. The van der Waals surface area contributed by atoms with E-state index >= 15 is 0 Å². The zero-order chi connectivity index (χ0) is 18.6. The minimum atomic E-state index is 0.0264. The first-order valence-electron chi connectivity index (χ1n) is 9.21. The van der Waals surface area contributed by atoms with Gasteiger partial charge in [0.2, 0.25) is 0 Å². The van der Waals surface area contributed by atoms with E-state index in [4.69, 9.17) is 14.5 Å². The Labute approximate surface area is 155 Å². The average molecular weight is 352 g/mol. The van der Waals surface area contributed by atoms with Crippen molar-refractivity contribution in [3.05, 3.63) is 54.4 Å². The molecule has 4 nitrogen and oxygen atoms in total. The molecular formula is C22H28N2O2. The summed E-state index contributed by atoms with van der Waals surface area (Å²) in [6.45, 7) is 8.33. The second kappa shape index (κ2) is 7.81. The van der Waals surface area contributed by atoms with Gasteiger partial charge in [0.25, 0.3) is 0 Å². The van der Waals surface area contributed by atoms with Gasteiger partial charge in [-0.3, -0.25) is 0 Å². The molecule has 0 atom stereocenters. The van der Waals surface area contributed by atoms with E-state index in [0.29, 0.717) is 6.61 Å². The van der Waals surface area contributed by atoms with Crippen molar-refractivity contribution < 1.29 is 9.47 Å². The van der Waals surface area contributed by atoms with Gasteiger partial charge in [-0.15, -0.1) is 0 Å². The predicted molar refractivity (Wildman–Crippen MR) is 106 cm³/mol. The Morgan fingerprint density at radius 3 is 2.31 bits per heavy atom. The van der Waals surface area contributed by atoms with E-state index < -0.39 is 0 Å². The standard InChI is InChI=1S/C22H28N2O2/c1-22(2,3)21-23-19-9-5-6-10-20(19)24(21)15-7-8-16-26-18-13-11-17(25-4)12-14-18/h5-6,9-14H,7-8,15-16H2,1-4H3. The summed E-state index contributed by atoms with van der Waals surface area (Å²) >= 11 is 0. The number of aryl methyl sites for hydroxylation is 1. The molecule has 0 radical (unpaired) electrons. The molecule has 138 valence electrons. The summed E-state index contributed by atoms with van der Waals surface area (Å²) in [5, 5.41) is 0. The molecule has 3 aromatic rings. The van der Waals surface area contributed by atoms with Crippen molar-refractivity contribution in [2.45, 2.75) is 45.6 Å². The number of unbranched alkanes of at least 4 members (excludes halogenated alkanes) is 1. The van der Waals surface area contributed by atoms with Gasteiger partial charge in [0.1, 0.15) is 17.3 Å². The predicted octanol–water partition coefficient (Wildman–Crippen LogP) is 5.20. The summed E-state index contributed by atoms with van der Waals surface area (Å²) in [6.07, 6.45) is 2.06. The van der Waals surface area contributed by atoms with Crippen LogP contribution in [0.25, 0.3) is 11.0 Å². The average Bonchev–Trinajstić information content (AvgIpc) is 3.01. The maximum Gasteiger partial charge on any atom is 0.119 e. The SMILES string of the molecule is COc1ccc(OCCCCn2c(C(C)(C)C)nc3ccccc32)cc1. The smallest absolute Gasteiger partial charge is 0.119 e. The highest BCUT2D eigenvalue weighted by Gasteiger charge is 2.22. The van der Waals surface area contributed by atoms with Gasteiger partial charge in [0.15, 0.2) is 0 Å². The fraction of sp³-hybridized carbons (Fsp3) is 0.409. The first-order chi connectivity index (χ1) is 12.5. The minimum Gasteiger partial charge on any atom is -0.497 e. The lowest BCUT2D eigenvalue weighted by Crippen LogP contribution is -2.19. The monoisotopic (exact) mass is 352 g/mol. The molecule has 0 saturated carbocycles. The fourth-order valence-corrected chi connectivity index (χ4v) is 3.11. The Morgan fingerprint density at radius 2 is 1.62 bits per heavy atom. The van der Waals surface area contributed by atoms with Crippen molar-refractivity contribution in [3.63, 3.8) is 0 Å². The van der Waals surface area contributed by atoms with Crippen molar-refractivity contribution in [1.29, 1.82) is 0 Å². The van der Waals surface area contributed by atoms with Gasteiger partial charge in [-0.2, -0.15) is 0 Å². The molecule has 0 bridgehead atoms. The van der Waals surface area contributed by atoms with Gasteiger partial charge in [0, 0.05) is 12.0 Å². The Balaban J connectivity index is 1.59. The number of ether oxygens (including phenoxy) is 2. The van der Waals surface area contributed by atoms with E-state index in [2.05, 4.69) is 49.6 Å². The number of nitrogens with zero attached hydrogens (tertiary/aromatic N) is 2. The number of hydrogen-bond donors (Lipinski definition) is 0. The molecule has 4 heteroatoms. The molecule has 0 aliphatic heterocycles. The van der Waals surface area contributed by atoms with Gasteiger partial charge in [-0.25, -0.2) is 4.98 Å². The van der Waals surface area contributed by atoms with Crippen molar-refractivity contribution in [2.24, 2.45) is 0 Å². The maximum absolute atomic E-state index is 5.83. The third-order valence-electron chi connectivity index (χ3n) is 4.43. The highest BCUT2D eigenvalue weighted by molar-refractivity contribution is 5.76. The molecule has 2 aromatic carbocycles. The second-order valence-electron chi connectivity index (χ2n) is 7.56. The summed E-state index contributed by atoms with van der Waals surface area (Å²) in [4.78, 5) is 4.87. The number of aromatic nitrogens is 2. The molecular weight excluding hydrogens is 324 g/mol. The van der Waals surface area contributed by atoms with E-state index in [9.17, 15) is 0 Å². The third kappa shape index (κ3) is 4.18. The van der Waals surface area contributed by atoms with Crippen molar-refractivity contribution in [2.75, 3.05) is 13.7 Å². The Kier molecular flexibility index (Phi) is 5.50. The molecule has 0 aliphatic carbocycles. The number of fused-ring (bicyclic) bond motifs is 1. The van der Waals surface area contributed by atoms with Crippen molar-refractivity contribution in [3.8, 4) is 11.5 Å². The van der Waals surface area contributed by atoms with Crippen LogP contribution in [0.4, 0.5) is 0 Å². The number of hydrogen-bond acceptors (Lipinski definition) is 3. The summed E-state index contributed by atoms with van der Waals surface area (Å²) in [5.41, 5.74) is 2.32. The number of rotatable bonds is 7. The Hall–Kier alpha value is -2.49. The normalized spacial score (nSPS) is 11.7. The van der Waals surface area contributed by atoms with E-state index in [1.165, 1.54) is 5.52 Å². The van der Waals surface area contributed by atoms with Crippen LogP contribution in [-0.4, -0.2) is 23.3 Å². The molecule has 0 spiro atoms. The number of para-hydroxylation sites is 2. The van der Waals surface area contributed by atoms with Gasteiger partial charge >= 0.3 is 0 Å². The molecule has 3 rings (SSSR count). The van der Waals surface area contributed by atoms with Crippen LogP contribution >= 0.6 is 0 Å². The van der Waals surface area contributed by atoms with Gasteiger partial charge in [-0.1, -0.05) is 32.9 Å². The lowest BCUT2D eigenvalue weighted by molar-refractivity contribution is 0.302. The largest absolute Gasteiger partial charge is 0.497 e. The van der Waals surface area contributed by atoms with Crippen LogP contribution in [0, 0.1) is 0 Å². The zero-order valence-corrected chi connectivity index (χ0v) is 16.2. The molecule has 0 N–H and O–H groups in total. The van der Waals surface area contributed by atoms with Crippen molar-refractivity contribution in [1.82, 2.24) is 9.55 Å². The highest BCUT2D eigenvalue weighted by Crippen LogP contribution is 2.26. The number of methoxy groups -OCH3 is 1. The number of imidazole rings is 1. The minimum absolute atomic E-state index is 0.0264. The second-order valence-corrected chi connectivity index (χ2v) is 7.56. The highest BCUT2D eigenvalue weighted by atomic mass is 16.5. The summed E-state index contributed by atoms with van der Waals surface area (Å²) in [7, 11) is 1.67. The summed E-state index contributed by atoms with van der Waals surface area (Å²) < 4.78 is 13.4. The molecule has 0 saturated heterocycles. The van der Waals surface area contributed by atoms with E-state index in [1.807, 2.05) is 24.3 Å². The molecule has 0 amide bonds. The molecule has 0 fully saturated rings. The lowest BCUT2D eigenvalue weighted by Gasteiger charge is -2.20. The lowest BCUT2D eigenvalue weighted by atomic mass is 9.95. The van der Waals surface area contributed by atoms with E-state index in [-0.39, 0.29) is 5.41 Å². The Morgan fingerprint density at radius 1 is 0.923 bits per heavy atom. The van der Waals surface area contributed by atoms with Crippen LogP contribution in [0.5, 0.6) is 11.5 Å². The number of benzene rings is 2. The molecule has 26 heavy (non-hydrogen) atoms. The van der Waals surface area contributed by atoms with Crippen LogP contribution in [-0.2, 0) is 12.0 Å². The molecule has 1 aromatic heterocycles. The first-order valence-corrected chi connectivity index (χ1v) is 9.21. The van der Waals surface area contributed by atoms with Crippen LogP contribution in [0.3, 0.4) is 0 Å².